The first-order chi connectivity index (χ1) is 8.84. The number of ether oxygens (including phenoxy) is 1. The zero-order valence-corrected chi connectivity index (χ0v) is 15.0. The summed E-state index contributed by atoms with van der Waals surface area (Å²) in [6.07, 6.45) is 0.739. The average Bonchev–Trinajstić information content (AvgIpc) is 2.70. The van der Waals surface area contributed by atoms with Gasteiger partial charge in [-0.2, -0.15) is 4.31 Å². The summed E-state index contributed by atoms with van der Waals surface area (Å²) in [6, 6.07) is 1.40. The summed E-state index contributed by atoms with van der Waals surface area (Å²) < 4.78 is 32.5. The van der Waals surface area contributed by atoms with Gasteiger partial charge in [-0.1, -0.05) is 18.5 Å². The van der Waals surface area contributed by atoms with Gasteiger partial charge in [0, 0.05) is 19.7 Å². The number of rotatable bonds is 7. The first-order valence-corrected chi connectivity index (χ1v) is 9.23. The normalized spacial score (nSPS) is 14.0. The highest BCUT2D eigenvalue weighted by molar-refractivity contribution is 9.11. The van der Waals surface area contributed by atoms with Crippen molar-refractivity contribution in [1.29, 1.82) is 0 Å². The molecule has 19 heavy (non-hydrogen) atoms. The molecule has 1 heterocycles. The lowest BCUT2D eigenvalue weighted by molar-refractivity contribution is 0.167. The Kier molecular flexibility index (Phi) is 6.75. The molecule has 1 unspecified atom stereocenters. The van der Waals surface area contributed by atoms with Crippen molar-refractivity contribution in [2.75, 3.05) is 20.3 Å². The Labute approximate surface area is 131 Å². The number of methoxy groups -OCH3 is 1. The Morgan fingerprint density at radius 1 is 1.58 bits per heavy atom. The maximum Gasteiger partial charge on any atom is 0.252 e. The second kappa shape index (κ2) is 7.38. The zero-order chi connectivity index (χ0) is 14.6. The molecule has 0 amide bonds. The molecule has 0 spiro atoms. The molecule has 0 bridgehead atoms. The van der Waals surface area contributed by atoms with Crippen LogP contribution in [0.2, 0.25) is 5.02 Å². The first kappa shape index (κ1) is 17.4. The van der Waals surface area contributed by atoms with Gasteiger partial charge in [-0.05, 0) is 35.3 Å². The fourth-order valence-corrected chi connectivity index (χ4v) is 5.75. The number of halogens is 2. The van der Waals surface area contributed by atoms with E-state index in [-0.39, 0.29) is 10.3 Å². The van der Waals surface area contributed by atoms with Gasteiger partial charge in [-0.15, -0.1) is 11.3 Å². The van der Waals surface area contributed by atoms with Gasteiger partial charge in [0.1, 0.15) is 4.21 Å². The van der Waals surface area contributed by atoms with Crippen LogP contribution in [-0.4, -0.2) is 39.0 Å². The topological polar surface area (TPSA) is 46.6 Å². The molecule has 0 radical (unpaired) electrons. The lowest BCUT2D eigenvalue weighted by Gasteiger charge is -2.26. The first-order valence-electron chi connectivity index (χ1n) is 5.80. The predicted octanol–water partition coefficient (Wildman–Crippen LogP) is 3.60. The molecule has 0 N–H and O–H groups in total. The van der Waals surface area contributed by atoms with Crippen molar-refractivity contribution in [2.45, 2.75) is 30.5 Å². The van der Waals surface area contributed by atoms with Gasteiger partial charge >= 0.3 is 0 Å². The van der Waals surface area contributed by atoms with E-state index in [4.69, 9.17) is 16.3 Å². The van der Waals surface area contributed by atoms with Crippen LogP contribution in [0.15, 0.2) is 14.1 Å². The van der Waals surface area contributed by atoms with Crippen molar-refractivity contribution in [3.8, 4) is 0 Å². The molecule has 1 aromatic heterocycles. The van der Waals surface area contributed by atoms with E-state index >= 15 is 0 Å². The SMILES string of the molecule is CCC(C)N(CCOC)S(=O)(=O)c1cc(Cl)c(Br)s1. The summed E-state index contributed by atoms with van der Waals surface area (Å²) in [5.41, 5.74) is 0. The minimum Gasteiger partial charge on any atom is -0.383 e. The van der Waals surface area contributed by atoms with Crippen LogP contribution in [0.1, 0.15) is 20.3 Å². The van der Waals surface area contributed by atoms with Crippen LogP contribution >= 0.6 is 38.9 Å². The number of hydrogen-bond donors (Lipinski definition) is 0. The molecule has 0 aliphatic carbocycles. The van der Waals surface area contributed by atoms with Crippen LogP contribution in [0.3, 0.4) is 0 Å². The van der Waals surface area contributed by atoms with Crippen LogP contribution < -0.4 is 0 Å². The maximum absolute atomic E-state index is 12.6. The third kappa shape index (κ3) is 4.15. The van der Waals surface area contributed by atoms with Gasteiger partial charge in [-0.25, -0.2) is 8.42 Å². The second-order valence-electron chi connectivity index (χ2n) is 4.05. The van der Waals surface area contributed by atoms with Crippen LogP contribution in [-0.2, 0) is 14.8 Å². The summed E-state index contributed by atoms with van der Waals surface area (Å²) in [7, 11) is -1.97. The fourth-order valence-electron chi connectivity index (χ4n) is 1.53. The minimum absolute atomic E-state index is 0.0835. The standard InChI is InChI=1S/C11H17BrClNO3S2/c1-4-8(2)14(5-6-17-3)19(15,16)10-7-9(13)11(12)18-10/h7-8H,4-6H2,1-3H3. The highest BCUT2D eigenvalue weighted by atomic mass is 79.9. The quantitative estimate of drug-likeness (QED) is 0.714. The van der Waals surface area contributed by atoms with Crippen molar-refractivity contribution >= 4 is 48.9 Å². The largest absolute Gasteiger partial charge is 0.383 e. The van der Waals surface area contributed by atoms with E-state index in [9.17, 15) is 8.42 Å². The molecule has 8 heteroatoms. The molecule has 4 nitrogen and oxygen atoms in total. The van der Waals surface area contributed by atoms with Gasteiger partial charge in [0.05, 0.1) is 15.4 Å². The van der Waals surface area contributed by atoms with E-state index in [1.54, 1.807) is 7.11 Å². The smallest absolute Gasteiger partial charge is 0.252 e. The van der Waals surface area contributed by atoms with Gasteiger partial charge in [0.2, 0.25) is 0 Å². The Balaban J connectivity index is 3.11. The fraction of sp³-hybridized carbons (Fsp3) is 0.636. The van der Waals surface area contributed by atoms with Gasteiger partial charge in [0.25, 0.3) is 10.0 Å². The van der Waals surface area contributed by atoms with Gasteiger partial charge < -0.3 is 4.74 Å². The van der Waals surface area contributed by atoms with Crippen molar-refractivity contribution in [3.05, 3.63) is 14.9 Å². The highest BCUT2D eigenvalue weighted by Gasteiger charge is 2.30. The summed E-state index contributed by atoms with van der Waals surface area (Å²) in [6.45, 7) is 4.54. The predicted molar refractivity (Wildman–Crippen MR) is 82.5 cm³/mol. The molecule has 0 fully saturated rings. The van der Waals surface area contributed by atoms with E-state index in [0.29, 0.717) is 22.0 Å². The Morgan fingerprint density at radius 2 is 2.21 bits per heavy atom. The van der Waals surface area contributed by atoms with Gasteiger partial charge in [-0.3, -0.25) is 0 Å². The second-order valence-corrected chi connectivity index (χ2v) is 8.95. The van der Waals surface area contributed by atoms with Gasteiger partial charge in [0.15, 0.2) is 0 Å². The van der Waals surface area contributed by atoms with Crippen molar-refractivity contribution < 1.29 is 13.2 Å². The molecule has 0 saturated heterocycles. The van der Waals surface area contributed by atoms with E-state index in [1.165, 1.54) is 10.4 Å². The maximum atomic E-state index is 12.6. The molecule has 0 saturated carbocycles. The van der Waals surface area contributed by atoms with E-state index < -0.39 is 10.0 Å². The number of thiophene rings is 1. The monoisotopic (exact) mass is 389 g/mol. The molecule has 1 rings (SSSR count). The summed E-state index contributed by atoms with van der Waals surface area (Å²) in [5, 5.41) is 0.416. The number of hydrogen-bond acceptors (Lipinski definition) is 4. The van der Waals surface area contributed by atoms with Crippen molar-refractivity contribution in [1.82, 2.24) is 4.31 Å². The molecular weight excluding hydrogens is 374 g/mol. The van der Waals surface area contributed by atoms with E-state index in [2.05, 4.69) is 15.9 Å². The van der Waals surface area contributed by atoms with Crippen LogP contribution in [0, 0.1) is 0 Å². The van der Waals surface area contributed by atoms with Crippen molar-refractivity contribution in [2.24, 2.45) is 0 Å². The Morgan fingerprint density at radius 3 is 2.63 bits per heavy atom. The number of sulfonamides is 1. The third-order valence-corrected chi connectivity index (χ3v) is 7.72. The molecule has 0 aromatic carbocycles. The Bertz CT molecular complexity index is 499. The molecule has 0 aliphatic rings. The molecule has 110 valence electrons. The minimum atomic E-state index is -3.53. The van der Waals surface area contributed by atoms with Crippen LogP contribution in [0.25, 0.3) is 0 Å². The lowest BCUT2D eigenvalue weighted by atomic mass is 10.3. The summed E-state index contributed by atoms with van der Waals surface area (Å²) >= 11 is 10.3. The highest BCUT2D eigenvalue weighted by Crippen LogP contribution is 2.36. The molecule has 0 aliphatic heterocycles. The van der Waals surface area contributed by atoms with E-state index in [1.807, 2.05) is 13.8 Å². The number of nitrogens with zero attached hydrogens (tertiary/aromatic N) is 1. The summed E-state index contributed by atoms with van der Waals surface area (Å²) in [4.78, 5) is 0. The van der Waals surface area contributed by atoms with Crippen LogP contribution in [0.4, 0.5) is 0 Å². The molecule has 1 aromatic rings. The zero-order valence-electron chi connectivity index (χ0n) is 11.0. The third-order valence-electron chi connectivity index (χ3n) is 2.78. The Hall–Kier alpha value is 0.340. The van der Waals surface area contributed by atoms with Crippen LogP contribution in [0.5, 0.6) is 0 Å². The molecule has 1 atom stereocenters. The average molecular weight is 391 g/mol. The molecular formula is C11H17BrClNO3S2. The van der Waals surface area contributed by atoms with Crippen molar-refractivity contribution in [3.63, 3.8) is 0 Å². The summed E-state index contributed by atoms with van der Waals surface area (Å²) in [5.74, 6) is 0. The van der Waals surface area contributed by atoms with E-state index in [0.717, 1.165) is 17.8 Å². The lowest BCUT2D eigenvalue weighted by Crippen LogP contribution is -2.40.